The van der Waals surface area contributed by atoms with E-state index in [4.69, 9.17) is 0 Å². The smallest absolute Gasteiger partial charge is 0.227 e. The van der Waals surface area contributed by atoms with Crippen molar-refractivity contribution in [3.63, 3.8) is 0 Å². The van der Waals surface area contributed by atoms with Crippen LogP contribution in [-0.4, -0.2) is 25.5 Å². The molecule has 1 amide bonds. The third-order valence-corrected chi connectivity index (χ3v) is 3.76. The van der Waals surface area contributed by atoms with Crippen molar-refractivity contribution in [2.24, 2.45) is 10.9 Å². The number of unbranched alkanes of at least 4 members (excludes halogenated alkanes) is 1. The Bertz CT molecular complexity index is 519. The number of aliphatic imine (C=N–C) groups is 1. The Hall–Kier alpha value is -1.31. The standard InChI is InChI=1S/C18H30N4O.HI/c1-5-7-11-20-18(19-4)21-13-15-9-8-10-16(12-15)22-17(23)14(3)6-2;/h8-10,12,14H,5-7,11,13H2,1-4H3,(H,22,23)(H2,19,20,21);1H. The van der Waals surface area contributed by atoms with Crippen molar-refractivity contribution in [3.05, 3.63) is 29.8 Å². The Balaban J connectivity index is 0.00000529. The minimum Gasteiger partial charge on any atom is -0.356 e. The number of nitrogens with one attached hydrogen (secondary N) is 3. The van der Waals surface area contributed by atoms with E-state index in [0.717, 1.165) is 43.0 Å². The minimum absolute atomic E-state index is 0. The van der Waals surface area contributed by atoms with Crippen LogP contribution in [0.3, 0.4) is 0 Å². The molecule has 6 heteroatoms. The van der Waals surface area contributed by atoms with E-state index in [0.29, 0.717) is 6.54 Å². The van der Waals surface area contributed by atoms with Crippen molar-refractivity contribution in [1.29, 1.82) is 0 Å². The van der Waals surface area contributed by atoms with E-state index < -0.39 is 0 Å². The number of guanidine groups is 1. The molecule has 0 aliphatic carbocycles. The number of halogens is 1. The molecule has 0 aliphatic rings. The lowest BCUT2D eigenvalue weighted by molar-refractivity contribution is -0.119. The molecule has 0 aromatic heterocycles. The Kier molecular flexibility index (Phi) is 12.3. The molecule has 136 valence electrons. The van der Waals surface area contributed by atoms with E-state index in [1.54, 1.807) is 7.05 Å². The van der Waals surface area contributed by atoms with Crippen LogP contribution in [0.4, 0.5) is 5.69 Å². The maximum Gasteiger partial charge on any atom is 0.227 e. The van der Waals surface area contributed by atoms with E-state index in [2.05, 4.69) is 27.9 Å². The van der Waals surface area contributed by atoms with Crippen LogP contribution < -0.4 is 16.0 Å². The van der Waals surface area contributed by atoms with Gasteiger partial charge in [-0.3, -0.25) is 9.79 Å². The molecule has 24 heavy (non-hydrogen) atoms. The zero-order valence-corrected chi connectivity index (χ0v) is 17.5. The van der Waals surface area contributed by atoms with Gasteiger partial charge >= 0.3 is 0 Å². The first kappa shape index (κ1) is 22.7. The van der Waals surface area contributed by atoms with Crippen LogP contribution in [0.2, 0.25) is 0 Å². The summed E-state index contributed by atoms with van der Waals surface area (Å²) >= 11 is 0. The molecule has 1 atom stereocenters. The van der Waals surface area contributed by atoms with Crippen LogP contribution >= 0.6 is 24.0 Å². The minimum atomic E-state index is 0. The molecule has 0 bridgehead atoms. The van der Waals surface area contributed by atoms with Gasteiger partial charge in [0, 0.05) is 31.7 Å². The molecule has 0 saturated carbocycles. The lowest BCUT2D eigenvalue weighted by Gasteiger charge is -2.13. The van der Waals surface area contributed by atoms with Crippen molar-refractivity contribution in [2.45, 2.75) is 46.6 Å². The third-order valence-electron chi connectivity index (χ3n) is 3.76. The van der Waals surface area contributed by atoms with E-state index in [1.165, 1.54) is 0 Å². The third kappa shape index (κ3) is 8.52. The molecule has 3 N–H and O–H groups in total. The Labute approximate surface area is 163 Å². The topological polar surface area (TPSA) is 65.5 Å². The SMILES string of the molecule is CCCCNC(=NC)NCc1cccc(NC(=O)C(C)CC)c1.I. The van der Waals surface area contributed by atoms with Crippen LogP contribution in [-0.2, 0) is 11.3 Å². The van der Waals surface area contributed by atoms with Gasteiger partial charge in [0.25, 0.3) is 0 Å². The van der Waals surface area contributed by atoms with Gasteiger partial charge in [-0.2, -0.15) is 0 Å². The van der Waals surface area contributed by atoms with Gasteiger partial charge in [-0.1, -0.05) is 39.3 Å². The molecule has 0 spiro atoms. The van der Waals surface area contributed by atoms with Gasteiger partial charge in [-0.05, 0) is 30.5 Å². The molecular formula is C18H31IN4O. The summed E-state index contributed by atoms with van der Waals surface area (Å²) in [5, 5.41) is 9.53. The highest BCUT2D eigenvalue weighted by atomic mass is 127. The lowest BCUT2D eigenvalue weighted by atomic mass is 10.1. The van der Waals surface area contributed by atoms with Gasteiger partial charge in [0.1, 0.15) is 0 Å². The maximum absolute atomic E-state index is 12.0. The van der Waals surface area contributed by atoms with Crippen molar-refractivity contribution in [1.82, 2.24) is 10.6 Å². The molecule has 0 heterocycles. The number of amides is 1. The number of hydrogen-bond acceptors (Lipinski definition) is 2. The predicted octanol–water partition coefficient (Wildman–Crippen LogP) is 3.75. The largest absolute Gasteiger partial charge is 0.356 e. The van der Waals surface area contributed by atoms with E-state index >= 15 is 0 Å². The second-order valence-electron chi connectivity index (χ2n) is 5.71. The van der Waals surface area contributed by atoms with Gasteiger partial charge in [0.05, 0.1) is 0 Å². The van der Waals surface area contributed by atoms with Crippen molar-refractivity contribution < 1.29 is 4.79 Å². The van der Waals surface area contributed by atoms with Crippen LogP contribution in [0.15, 0.2) is 29.3 Å². The summed E-state index contributed by atoms with van der Waals surface area (Å²) in [5.74, 6) is 0.889. The summed E-state index contributed by atoms with van der Waals surface area (Å²) in [6.07, 6.45) is 3.12. The quantitative estimate of drug-likeness (QED) is 0.247. The number of anilines is 1. The summed E-state index contributed by atoms with van der Waals surface area (Å²) in [5.41, 5.74) is 1.94. The molecular weight excluding hydrogens is 415 g/mol. The van der Waals surface area contributed by atoms with E-state index in [1.807, 2.05) is 38.1 Å². The molecule has 0 radical (unpaired) electrons. The Morgan fingerprint density at radius 2 is 2.00 bits per heavy atom. The number of nitrogens with zero attached hydrogens (tertiary/aromatic N) is 1. The number of carbonyl (C=O) groups is 1. The first-order valence-corrected chi connectivity index (χ1v) is 8.45. The molecule has 1 aromatic carbocycles. The second-order valence-corrected chi connectivity index (χ2v) is 5.71. The summed E-state index contributed by atoms with van der Waals surface area (Å²) in [4.78, 5) is 16.2. The summed E-state index contributed by atoms with van der Waals surface area (Å²) in [6.45, 7) is 7.70. The first-order valence-electron chi connectivity index (χ1n) is 8.45. The normalized spacial score (nSPS) is 12.1. The predicted molar refractivity (Wildman–Crippen MR) is 113 cm³/mol. The molecule has 0 aliphatic heterocycles. The number of hydrogen-bond donors (Lipinski definition) is 3. The monoisotopic (exact) mass is 446 g/mol. The number of benzene rings is 1. The average molecular weight is 446 g/mol. The Morgan fingerprint density at radius 1 is 1.25 bits per heavy atom. The lowest BCUT2D eigenvalue weighted by Crippen LogP contribution is -2.37. The molecule has 1 rings (SSSR count). The summed E-state index contributed by atoms with van der Waals surface area (Å²) in [6, 6.07) is 7.90. The highest BCUT2D eigenvalue weighted by molar-refractivity contribution is 14.0. The van der Waals surface area contributed by atoms with Gasteiger partial charge in [0.2, 0.25) is 5.91 Å². The highest BCUT2D eigenvalue weighted by Gasteiger charge is 2.10. The van der Waals surface area contributed by atoms with Gasteiger partial charge in [-0.15, -0.1) is 24.0 Å². The van der Waals surface area contributed by atoms with E-state index in [9.17, 15) is 4.79 Å². The van der Waals surface area contributed by atoms with Crippen molar-refractivity contribution >= 4 is 41.5 Å². The van der Waals surface area contributed by atoms with Crippen molar-refractivity contribution in [3.8, 4) is 0 Å². The fourth-order valence-corrected chi connectivity index (χ4v) is 2.00. The zero-order chi connectivity index (χ0) is 17.1. The maximum atomic E-state index is 12.0. The molecule has 1 aromatic rings. The van der Waals surface area contributed by atoms with Gasteiger partial charge < -0.3 is 16.0 Å². The molecule has 0 saturated heterocycles. The number of rotatable bonds is 8. The van der Waals surface area contributed by atoms with Crippen LogP contribution in [0.1, 0.15) is 45.6 Å². The zero-order valence-electron chi connectivity index (χ0n) is 15.2. The van der Waals surface area contributed by atoms with Crippen molar-refractivity contribution in [2.75, 3.05) is 18.9 Å². The fourth-order valence-electron chi connectivity index (χ4n) is 2.00. The van der Waals surface area contributed by atoms with Crippen LogP contribution in [0.25, 0.3) is 0 Å². The second kappa shape index (κ2) is 13.0. The molecule has 0 fully saturated rings. The first-order chi connectivity index (χ1) is 11.1. The summed E-state index contributed by atoms with van der Waals surface area (Å²) in [7, 11) is 1.77. The van der Waals surface area contributed by atoms with Crippen LogP contribution in [0, 0.1) is 5.92 Å². The van der Waals surface area contributed by atoms with Gasteiger partial charge in [0.15, 0.2) is 5.96 Å². The molecule has 5 nitrogen and oxygen atoms in total. The van der Waals surface area contributed by atoms with Gasteiger partial charge in [-0.25, -0.2) is 0 Å². The average Bonchev–Trinajstić information content (AvgIpc) is 2.57. The highest BCUT2D eigenvalue weighted by Crippen LogP contribution is 2.13. The Morgan fingerprint density at radius 3 is 2.62 bits per heavy atom. The van der Waals surface area contributed by atoms with E-state index in [-0.39, 0.29) is 35.8 Å². The number of carbonyl (C=O) groups excluding carboxylic acids is 1. The fraction of sp³-hybridized carbons (Fsp3) is 0.556. The molecule has 1 unspecified atom stereocenters. The van der Waals surface area contributed by atoms with Crippen LogP contribution in [0.5, 0.6) is 0 Å². The summed E-state index contributed by atoms with van der Waals surface area (Å²) < 4.78 is 0.